The van der Waals surface area contributed by atoms with Crippen molar-refractivity contribution in [2.24, 2.45) is 0 Å². The van der Waals surface area contributed by atoms with Crippen LogP contribution in [0.1, 0.15) is 12.0 Å². The minimum Gasteiger partial charge on any atom is -0.398 e. The topological polar surface area (TPSA) is 59.2 Å². The average molecular weight is 299 g/mol. The molecule has 1 aromatic carbocycles. The van der Waals surface area contributed by atoms with E-state index in [1.807, 2.05) is 35.2 Å². The number of benzene rings is 1. The molecule has 2 heterocycles. The van der Waals surface area contributed by atoms with E-state index < -0.39 is 0 Å². The fraction of sp³-hybridized carbons (Fsp3) is 0.250. The van der Waals surface area contributed by atoms with Crippen molar-refractivity contribution in [3.05, 3.63) is 48.3 Å². The quantitative estimate of drug-likeness (QED) is 0.699. The van der Waals surface area contributed by atoms with Crippen LogP contribution < -0.4 is 10.6 Å². The number of carbonyl (C=O) groups excluding carboxylic acids is 1. The first-order valence-corrected chi connectivity index (χ1v) is 7.95. The Morgan fingerprint density at radius 1 is 1.29 bits per heavy atom. The van der Waals surface area contributed by atoms with Gasteiger partial charge in [-0.2, -0.15) is 0 Å². The lowest BCUT2D eigenvalue weighted by Crippen LogP contribution is -2.36. The first-order chi connectivity index (χ1) is 10.3. The summed E-state index contributed by atoms with van der Waals surface area (Å²) >= 11 is 1.54. The maximum Gasteiger partial charge on any atom is 0.237 e. The van der Waals surface area contributed by atoms with Crippen molar-refractivity contribution in [2.45, 2.75) is 17.7 Å². The van der Waals surface area contributed by atoms with Crippen LogP contribution in [0.25, 0.3) is 0 Å². The molecule has 0 fully saturated rings. The van der Waals surface area contributed by atoms with E-state index in [0.717, 1.165) is 41.2 Å². The predicted octanol–water partition coefficient (Wildman–Crippen LogP) is 2.74. The summed E-state index contributed by atoms with van der Waals surface area (Å²) in [5.74, 6) is 0.557. The molecule has 3 rings (SSSR count). The molecule has 0 bridgehead atoms. The number of nitrogens with zero attached hydrogens (tertiary/aromatic N) is 2. The molecule has 2 aromatic rings. The number of thioether (sulfide) groups is 1. The number of hydrogen-bond acceptors (Lipinski definition) is 4. The zero-order valence-corrected chi connectivity index (χ0v) is 12.5. The summed E-state index contributed by atoms with van der Waals surface area (Å²) in [6.07, 6.45) is 5.39. The number of anilines is 2. The number of aromatic nitrogens is 1. The lowest BCUT2D eigenvalue weighted by atomic mass is 10.00. The van der Waals surface area contributed by atoms with Gasteiger partial charge in [0.05, 0.1) is 5.75 Å². The van der Waals surface area contributed by atoms with E-state index >= 15 is 0 Å². The molecule has 0 saturated heterocycles. The molecular formula is C16H17N3OS. The molecule has 1 aliphatic heterocycles. The number of pyridine rings is 1. The summed E-state index contributed by atoms with van der Waals surface area (Å²) in [7, 11) is 0. The predicted molar refractivity (Wildman–Crippen MR) is 86.5 cm³/mol. The first-order valence-electron chi connectivity index (χ1n) is 6.96. The van der Waals surface area contributed by atoms with Crippen LogP contribution in [-0.2, 0) is 11.2 Å². The van der Waals surface area contributed by atoms with Gasteiger partial charge >= 0.3 is 0 Å². The molecule has 0 saturated carbocycles. The first kappa shape index (κ1) is 13.9. The average Bonchev–Trinajstić information content (AvgIpc) is 2.53. The molecule has 2 N–H and O–H groups in total. The number of nitrogen functional groups attached to an aromatic ring is 1. The van der Waals surface area contributed by atoms with Crippen molar-refractivity contribution in [1.82, 2.24) is 4.98 Å². The van der Waals surface area contributed by atoms with Gasteiger partial charge < -0.3 is 10.6 Å². The molecule has 0 aliphatic carbocycles. The van der Waals surface area contributed by atoms with Crippen molar-refractivity contribution in [2.75, 3.05) is 22.9 Å². The van der Waals surface area contributed by atoms with Gasteiger partial charge in [-0.05, 0) is 42.7 Å². The minimum atomic E-state index is 0.128. The normalized spacial score (nSPS) is 13.8. The number of nitrogens with two attached hydrogens (primary N) is 1. The highest BCUT2D eigenvalue weighted by atomic mass is 32.2. The Morgan fingerprint density at radius 2 is 2.10 bits per heavy atom. The van der Waals surface area contributed by atoms with Crippen LogP contribution in [0.15, 0.2) is 47.6 Å². The highest BCUT2D eigenvalue weighted by molar-refractivity contribution is 8.00. The zero-order chi connectivity index (χ0) is 14.7. The third-order valence-corrected chi connectivity index (χ3v) is 4.60. The number of amides is 1. The summed E-state index contributed by atoms with van der Waals surface area (Å²) < 4.78 is 0. The van der Waals surface area contributed by atoms with Gasteiger partial charge in [-0.1, -0.05) is 6.07 Å². The lowest BCUT2D eigenvalue weighted by molar-refractivity contribution is -0.116. The number of rotatable bonds is 3. The van der Waals surface area contributed by atoms with Crippen molar-refractivity contribution in [1.29, 1.82) is 0 Å². The van der Waals surface area contributed by atoms with Crippen molar-refractivity contribution in [3.8, 4) is 0 Å². The van der Waals surface area contributed by atoms with Gasteiger partial charge in [-0.3, -0.25) is 9.78 Å². The van der Waals surface area contributed by atoms with E-state index in [1.165, 1.54) is 11.8 Å². The van der Waals surface area contributed by atoms with Gasteiger partial charge in [0.2, 0.25) is 5.91 Å². The van der Waals surface area contributed by atoms with Crippen molar-refractivity contribution in [3.63, 3.8) is 0 Å². The van der Waals surface area contributed by atoms with Crippen LogP contribution >= 0.6 is 11.8 Å². The Kier molecular flexibility index (Phi) is 4.10. The van der Waals surface area contributed by atoms with Gasteiger partial charge in [0, 0.05) is 35.2 Å². The highest BCUT2D eigenvalue weighted by Crippen LogP contribution is 2.32. The van der Waals surface area contributed by atoms with E-state index in [4.69, 9.17) is 5.73 Å². The largest absolute Gasteiger partial charge is 0.398 e. The Hall–Kier alpha value is -2.01. The second-order valence-electron chi connectivity index (χ2n) is 4.97. The molecule has 5 heteroatoms. The monoisotopic (exact) mass is 299 g/mol. The molecule has 0 unspecified atom stereocenters. The standard InChI is InChI=1S/C16H17N3OS/c17-14-4-1-5-15-13(14)3-2-10-19(15)16(20)11-21-12-6-8-18-9-7-12/h1,4-9H,2-3,10-11,17H2. The molecule has 1 aromatic heterocycles. The Labute approximate surface area is 128 Å². The van der Waals surface area contributed by atoms with Gasteiger partial charge in [0.15, 0.2) is 0 Å². The van der Waals surface area contributed by atoms with Crippen LogP contribution in [0.5, 0.6) is 0 Å². The van der Waals surface area contributed by atoms with E-state index in [2.05, 4.69) is 4.98 Å². The molecule has 0 atom stereocenters. The molecule has 0 spiro atoms. The Bertz CT molecular complexity index is 645. The summed E-state index contributed by atoms with van der Waals surface area (Å²) in [5.41, 5.74) is 8.88. The number of carbonyl (C=O) groups is 1. The summed E-state index contributed by atoms with van der Waals surface area (Å²) in [4.78, 5) is 19.4. The molecule has 0 radical (unpaired) electrons. The van der Waals surface area contributed by atoms with Gasteiger partial charge in [-0.15, -0.1) is 11.8 Å². The van der Waals surface area contributed by atoms with Gasteiger partial charge in [0.1, 0.15) is 0 Å². The summed E-state index contributed by atoms with van der Waals surface area (Å²) in [6, 6.07) is 9.63. The fourth-order valence-electron chi connectivity index (χ4n) is 2.57. The molecular weight excluding hydrogens is 282 g/mol. The molecule has 4 nitrogen and oxygen atoms in total. The third kappa shape index (κ3) is 3.03. The Morgan fingerprint density at radius 3 is 2.90 bits per heavy atom. The van der Waals surface area contributed by atoms with Gasteiger partial charge in [0.25, 0.3) is 0 Å². The molecule has 1 amide bonds. The smallest absolute Gasteiger partial charge is 0.237 e. The maximum atomic E-state index is 12.5. The van der Waals surface area contributed by atoms with Gasteiger partial charge in [-0.25, -0.2) is 0 Å². The van der Waals surface area contributed by atoms with Crippen LogP contribution in [0, 0.1) is 0 Å². The highest BCUT2D eigenvalue weighted by Gasteiger charge is 2.23. The lowest BCUT2D eigenvalue weighted by Gasteiger charge is -2.30. The molecule has 1 aliphatic rings. The maximum absolute atomic E-state index is 12.5. The second-order valence-corrected chi connectivity index (χ2v) is 6.01. The van der Waals surface area contributed by atoms with Crippen LogP contribution in [-0.4, -0.2) is 23.2 Å². The van der Waals surface area contributed by atoms with E-state index in [1.54, 1.807) is 12.4 Å². The zero-order valence-electron chi connectivity index (χ0n) is 11.7. The summed E-state index contributed by atoms with van der Waals surface area (Å²) in [6.45, 7) is 0.770. The van der Waals surface area contributed by atoms with E-state index in [9.17, 15) is 4.79 Å². The van der Waals surface area contributed by atoms with Crippen LogP contribution in [0.3, 0.4) is 0 Å². The summed E-state index contributed by atoms with van der Waals surface area (Å²) in [5, 5.41) is 0. The van der Waals surface area contributed by atoms with Crippen molar-refractivity contribution < 1.29 is 4.79 Å². The number of hydrogen-bond donors (Lipinski definition) is 1. The third-order valence-electron chi connectivity index (χ3n) is 3.60. The SMILES string of the molecule is Nc1cccc2c1CCCN2C(=O)CSc1ccncc1. The number of fused-ring (bicyclic) bond motifs is 1. The van der Waals surface area contributed by atoms with Crippen LogP contribution in [0.2, 0.25) is 0 Å². The van der Waals surface area contributed by atoms with Crippen LogP contribution in [0.4, 0.5) is 11.4 Å². The van der Waals surface area contributed by atoms with E-state index in [-0.39, 0.29) is 5.91 Å². The second kappa shape index (κ2) is 6.18. The minimum absolute atomic E-state index is 0.128. The molecule has 21 heavy (non-hydrogen) atoms. The Balaban J connectivity index is 1.73. The molecule has 108 valence electrons. The fourth-order valence-corrected chi connectivity index (χ4v) is 3.33. The van der Waals surface area contributed by atoms with E-state index in [0.29, 0.717) is 5.75 Å². The van der Waals surface area contributed by atoms with Crippen molar-refractivity contribution >= 4 is 29.0 Å².